The predicted octanol–water partition coefficient (Wildman–Crippen LogP) is 3.46. The number of anilines is 1. The van der Waals surface area contributed by atoms with E-state index in [1.54, 1.807) is 0 Å². The molecule has 0 aliphatic heterocycles. The summed E-state index contributed by atoms with van der Waals surface area (Å²) in [4.78, 5) is 4.80. The van der Waals surface area contributed by atoms with Gasteiger partial charge in [0.1, 0.15) is 5.82 Å². The summed E-state index contributed by atoms with van der Waals surface area (Å²) in [5.41, 5.74) is 5.40. The molecule has 3 rings (SSSR count). The normalized spacial score (nSPS) is 14.7. The zero-order chi connectivity index (χ0) is 11.8. The van der Waals surface area contributed by atoms with Crippen LogP contribution in [0, 0.1) is 6.92 Å². The molecular formula is C15H18N2. The summed E-state index contributed by atoms with van der Waals surface area (Å²) in [5, 5.41) is 4.46. The monoisotopic (exact) mass is 226 g/mol. The average Bonchev–Trinajstić information content (AvgIpc) is 2.37. The first-order chi connectivity index (χ1) is 8.29. The van der Waals surface area contributed by atoms with Crippen LogP contribution in [0.1, 0.15) is 29.5 Å². The van der Waals surface area contributed by atoms with E-state index in [-0.39, 0.29) is 0 Å². The molecular weight excluding hydrogens is 208 g/mol. The van der Waals surface area contributed by atoms with Gasteiger partial charge in [0.15, 0.2) is 0 Å². The van der Waals surface area contributed by atoms with E-state index in [0.717, 1.165) is 5.82 Å². The minimum atomic E-state index is 1.01. The number of hydrogen-bond donors (Lipinski definition) is 1. The van der Waals surface area contributed by atoms with Crippen molar-refractivity contribution in [3.8, 4) is 0 Å². The molecule has 88 valence electrons. The van der Waals surface area contributed by atoms with E-state index in [2.05, 4.69) is 30.4 Å². The molecule has 17 heavy (non-hydrogen) atoms. The Labute approximate surface area is 102 Å². The highest BCUT2D eigenvalue weighted by molar-refractivity contribution is 5.85. The number of pyridine rings is 1. The van der Waals surface area contributed by atoms with Crippen LogP contribution in [-0.4, -0.2) is 12.0 Å². The molecule has 1 aromatic carbocycles. The fraction of sp³-hybridized carbons (Fsp3) is 0.400. The summed E-state index contributed by atoms with van der Waals surface area (Å²) in [5.74, 6) is 1.01. The Bertz CT molecular complexity index is 573. The van der Waals surface area contributed by atoms with Crippen molar-refractivity contribution in [2.24, 2.45) is 0 Å². The maximum Gasteiger partial charge on any atom is 0.129 e. The quantitative estimate of drug-likeness (QED) is 0.805. The second kappa shape index (κ2) is 4.02. The van der Waals surface area contributed by atoms with E-state index in [1.165, 1.54) is 53.3 Å². The number of hydrogen-bond acceptors (Lipinski definition) is 2. The maximum absolute atomic E-state index is 4.80. The molecule has 1 aliphatic carbocycles. The summed E-state index contributed by atoms with van der Waals surface area (Å²) in [6, 6.07) is 6.75. The van der Waals surface area contributed by atoms with E-state index in [0.29, 0.717) is 0 Å². The van der Waals surface area contributed by atoms with Gasteiger partial charge in [-0.2, -0.15) is 0 Å². The van der Waals surface area contributed by atoms with Crippen molar-refractivity contribution in [2.75, 3.05) is 12.4 Å². The Morgan fingerprint density at radius 2 is 2.00 bits per heavy atom. The van der Waals surface area contributed by atoms with Gasteiger partial charge in [0.2, 0.25) is 0 Å². The van der Waals surface area contributed by atoms with Gasteiger partial charge in [-0.1, -0.05) is 12.1 Å². The lowest BCUT2D eigenvalue weighted by atomic mass is 9.89. The summed E-state index contributed by atoms with van der Waals surface area (Å²) in [6.07, 6.45) is 5.03. The van der Waals surface area contributed by atoms with Gasteiger partial charge >= 0.3 is 0 Å². The molecule has 0 fully saturated rings. The van der Waals surface area contributed by atoms with Crippen molar-refractivity contribution in [3.63, 3.8) is 0 Å². The third kappa shape index (κ3) is 1.68. The highest BCUT2D eigenvalue weighted by Gasteiger charge is 2.14. The number of nitrogens with zero attached hydrogens (tertiary/aromatic N) is 1. The predicted molar refractivity (Wildman–Crippen MR) is 72.7 cm³/mol. The van der Waals surface area contributed by atoms with E-state index in [9.17, 15) is 0 Å². The number of aryl methyl sites for hydroxylation is 3. The molecule has 1 aromatic heterocycles. The largest absolute Gasteiger partial charge is 0.373 e. The fourth-order valence-corrected chi connectivity index (χ4v) is 2.83. The van der Waals surface area contributed by atoms with Crippen LogP contribution in [0.25, 0.3) is 10.9 Å². The van der Waals surface area contributed by atoms with Crippen LogP contribution in [0.2, 0.25) is 0 Å². The molecule has 2 heteroatoms. The number of benzene rings is 1. The first kappa shape index (κ1) is 10.6. The van der Waals surface area contributed by atoms with Gasteiger partial charge in [0.25, 0.3) is 0 Å². The smallest absolute Gasteiger partial charge is 0.129 e. The van der Waals surface area contributed by atoms with Crippen LogP contribution < -0.4 is 5.32 Å². The van der Waals surface area contributed by atoms with Gasteiger partial charge in [-0.25, -0.2) is 4.98 Å². The van der Waals surface area contributed by atoms with Crippen LogP contribution in [-0.2, 0) is 12.8 Å². The van der Waals surface area contributed by atoms with Crippen molar-refractivity contribution in [3.05, 3.63) is 34.9 Å². The third-order valence-electron chi connectivity index (χ3n) is 3.74. The third-order valence-corrected chi connectivity index (χ3v) is 3.74. The fourth-order valence-electron chi connectivity index (χ4n) is 2.83. The SMILES string of the molecule is CNc1nc2c3c(ccc2cc1C)CCCC3. The van der Waals surface area contributed by atoms with Crippen molar-refractivity contribution < 1.29 is 0 Å². The summed E-state index contributed by atoms with van der Waals surface area (Å²) < 4.78 is 0. The summed E-state index contributed by atoms with van der Waals surface area (Å²) >= 11 is 0. The van der Waals surface area contributed by atoms with E-state index >= 15 is 0 Å². The highest BCUT2D eigenvalue weighted by atomic mass is 15.0. The Hall–Kier alpha value is -1.57. The minimum absolute atomic E-state index is 1.01. The number of fused-ring (bicyclic) bond motifs is 3. The summed E-state index contributed by atoms with van der Waals surface area (Å²) in [6.45, 7) is 2.11. The van der Waals surface area contributed by atoms with Crippen molar-refractivity contribution in [1.29, 1.82) is 0 Å². The molecule has 0 saturated heterocycles. The van der Waals surface area contributed by atoms with Gasteiger partial charge in [-0.05, 0) is 55.4 Å². The van der Waals surface area contributed by atoms with Crippen LogP contribution in [0.3, 0.4) is 0 Å². The highest BCUT2D eigenvalue weighted by Crippen LogP contribution is 2.29. The molecule has 2 aromatic rings. The molecule has 1 aliphatic rings. The average molecular weight is 226 g/mol. The zero-order valence-corrected chi connectivity index (χ0v) is 10.5. The van der Waals surface area contributed by atoms with Crippen molar-refractivity contribution >= 4 is 16.7 Å². The lowest BCUT2D eigenvalue weighted by Gasteiger charge is -2.18. The molecule has 1 N–H and O–H groups in total. The van der Waals surface area contributed by atoms with Crippen LogP contribution in [0.4, 0.5) is 5.82 Å². The van der Waals surface area contributed by atoms with Crippen molar-refractivity contribution in [1.82, 2.24) is 4.98 Å². The van der Waals surface area contributed by atoms with Crippen LogP contribution >= 0.6 is 0 Å². The van der Waals surface area contributed by atoms with Gasteiger partial charge in [-0.15, -0.1) is 0 Å². The molecule has 2 nitrogen and oxygen atoms in total. The van der Waals surface area contributed by atoms with Gasteiger partial charge < -0.3 is 5.32 Å². The first-order valence-electron chi connectivity index (χ1n) is 6.39. The maximum atomic E-state index is 4.80. The molecule has 0 radical (unpaired) electrons. The Kier molecular flexibility index (Phi) is 2.50. The number of rotatable bonds is 1. The van der Waals surface area contributed by atoms with Crippen LogP contribution in [0.15, 0.2) is 18.2 Å². The molecule has 0 atom stereocenters. The molecule has 0 bridgehead atoms. The standard InChI is InChI=1S/C15H18N2/c1-10-9-12-8-7-11-5-3-4-6-13(11)14(12)17-15(10)16-2/h7-9H,3-6H2,1-2H3,(H,16,17). The second-order valence-corrected chi connectivity index (χ2v) is 4.89. The second-order valence-electron chi connectivity index (χ2n) is 4.89. The van der Waals surface area contributed by atoms with Crippen LogP contribution in [0.5, 0.6) is 0 Å². The zero-order valence-electron chi connectivity index (χ0n) is 10.5. The Morgan fingerprint density at radius 1 is 1.18 bits per heavy atom. The molecule has 0 spiro atoms. The van der Waals surface area contributed by atoms with Gasteiger partial charge in [-0.3, -0.25) is 0 Å². The first-order valence-corrected chi connectivity index (χ1v) is 6.39. The van der Waals surface area contributed by atoms with E-state index in [4.69, 9.17) is 4.98 Å². The minimum Gasteiger partial charge on any atom is -0.373 e. The molecule has 0 unspecified atom stereocenters. The Balaban J connectivity index is 2.30. The Morgan fingerprint density at radius 3 is 2.82 bits per heavy atom. The van der Waals surface area contributed by atoms with E-state index in [1.807, 2.05) is 7.05 Å². The van der Waals surface area contributed by atoms with Gasteiger partial charge in [0.05, 0.1) is 5.52 Å². The lowest BCUT2D eigenvalue weighted by molar-refractivity contribution is 0.689. The number of nitrogens with one attached hydrogen (secondary N) is 1. The molecule has 0 amide bonds. The molecule has 0 saturated carbocycles. The summed E-state index contributed by atoms with van der Waals surface area (Å²) in [7, 11) is 1.94. The van der Waals surface area contributed by atoms with Crippen molar-refractivity contribution in [2.45, 2.75) is 32.6 Å². The van der Waals surface area contributed by atoms with Gasteiger partial charge in [0, 0.05) is 12.4 Å². The topological polar surface area (TPSA) is 24.9 Å². The van der Waals surface area contributed by atoms with E-state index < -0.39 is 0 Å². The molecule has 1 heterocycles. The lowest BCUT2D eigenvalue weighted by Crippen LogP contribution is -2.05. The number of aromatic nitrogens is 1.